The molecule has 1 N–H and O–H groups in total. The Hall–Kier alpha value is -1.62. The Morgan fingerprint density at radius 1 is 1.41 bits per heavy atom. The number of aromatic amines is 1. The molecule has 2 rings (SSSR count). The maximum Gasteiger partial charge on any atom is 0.150 e. The van der Waals surface area contributed by atoms with Crippen LogP contribution in [-0.4, -0.2) is 15.0 Å². The van der Waals surface area contributed by atoms with Crippen molar-refractivity contribution in [1.82, 2.24) is 15.0 Å². The van der Waals surface area contributed by atoms with Crippen LogP contribution in [0.15, 0.2) is 24.8 Å². The van der Waals surface area contributed by atoms with E-state index in [1.807, 2.05) is 13.8 Å². The van der Waals surface area contributed by atoms with Gasteiger partial charge >= 0.3 is 0 Å². The molecule has 0 unspecified atom stereocenters. The lowest BCUT2D eigenvalue weighted by atomic mass is 9.99. The van der Waals surface area contributed by atoms with Gasteiger partial charge in [0.05, 0.1) is 18.2 Å². The number of H-pyrrole nitrogens is 1. The van der Waals surface area contributed by atoms with Crippen molar-refractivity contribution in [3.63, 3.8) is 0 Å². The molecule has 0 aliphatic rings. The molecule has 2 aromatic rings. The van der Waals surface area contributed by atoms with Crippen LogP contribution in [0.5, 0.6) is 0 Å². The summed E-state index contributed by atoms with van der Waals surface area (Å²) < 4.78 is 14.2. The van der Waals surface area contributed by atoms with Gasteiger partial charge in [0.2, 0.25) is 0 Å². The van der Waals surface area contributed by atoms with E-state index in [-0.39, 0.29) is 11.7 Å². The quantitative estimate of drug-likeness (QED) is 0.829. The predicted molar refractivity (Wildman–Crippen MR) is 66.7 cm³/mol. The molecule has 2 aromatic heterocycles. The third kappa shape index (κ3) is 2.24. The Bertz CT molecular complexity index is 592. The van der Waals surface area contributed by atoms with E-state index in [2.05, 4.69) is 15.0 Å². The molecule has 0 aliphatic heterocycles. The van der Waals surface area contributed by atoms with E-state index in [9.17, 15) is 4.39 Å². The molecular weight excluding hydrogens is 237 g/mol. The monoisotopic (exact) mass is 249 g/mol. The van der Waals surface area contributed by atoms with Gasteiger partial charge in [0, 0.05) is 17.3 Å². The Morgan fingerprint density at radius 3 is 2.82 bits per heavy atom. The molecule has 5 heteroatoms. The molecule has 0 bridgehead atoms. The second kappa shape index (κ2) is 4.71. The largest absolute Gasteiger partial charge is 0.345 e. The van der Waals surface area contributed by atoms with Crippen molar-refractivity contribution in [2.45, 2.75) is 19.8 Å². The van der Waals surface area contributed by atoms with E-state index < -0.39 is 0 Å². The molecule has 2 heterocycles. The lowest BCUT2D eigenvalue weighted by Gasteiger charge is -2.12. The topological polar surface area (TPSA) is 41.6 Å². The number of aromatic nitrogens is 3. The number of pyridine rings is 1. The Balaban J connectivity index is 2.73. The Kier molecular flexibility index (Phi) is 3.28. The van der Waals surface area contributed by atoms with Gasteiger partial charge in [-0.25, -0.2) is 9.37 Å². The van der Waals surface area contributed by atoms with Crippen LogP contribution in [0.25, 0.3) is 11.3 Å². The SMILES string of the molecule is CC(C)c1c(-c2ccncc2F)[nH]cnc1=S. The maximum atomic E-state index is 13.7. The number of nitrogens with one attached hydrogen (secondary N) is 1. The molecule has 0 atom stereocenters. The highest BCUT2D eigenvalue weighted by atomic mass is 32.1. The third-order valence-corrected chi connectivity index (χ3v) is 2.83. The number of hydrogen-bond acceptors (Lipinski definition) is 3. The molecule has 88 valence electrons. The number of nitrogens with zero attached hydrogens (tertiary/aromatic N) is 2. The van der Waals surface area contributed by atoms with Crippen LogP contribution >= 0.6 is 12.2 Å². The van der Waals surface area contributed by atoms with Crippen molar-refractivity contribution in [3.8, 4) is 11.3 Å². The zero-order valence-corrected chi connectivity index (χ0v) is 10.4. The standard InChI is InChI=1S/C12H12FN3S/c1-7(2)10-11(15-6-16-12(10)17)8-3-4-14-5-9(8)13/h3-7H,1-2H3,(H,15,16,17). The molecule has 0 aliphatic carbocycles. The van der Waals surface area contributed by atoms with E-state index >= 15 is 0 Å². The van der Waals surface area contributed by atoms with E-state index in [4.69, 9.17) is 12.2 Å². The molecule has 0 amide bonds. The minimum absolute atomic E-state index is 0.176. The van der Waals surface area contributed by atoms with E-state index in [1.54, 1.807) is 12.3 Å². The molecular formula is C12H12FN3S. The van der Waals surface area contributed by atoms with Gasteiger partial charge in [0.1, 0.15) is 4.64 Å². The van der Waals surface area contributed by atoms with Crippen molar-refractivity contribution in [3.05, 3.63) is 40.8 Å². The molecule has 0 aromatic carbocycles. The lowest BCUT2D eigenvalue weighted by Crippen LogP contribution is -2.00. The highest BCUT2D eigenvalue weighted by molar-refractivity contribution is 7.71. The molecule has 0 saturated heterocycles. The highest BCUT2D eigenvalue weighted by Gasteiger charge is 2.14. The summed E-state index contributed by atoms with van der Waals surface area (Å²) in [6.07, 6.45) is 4.24. The number of hydrogen-bond donors (Lipinski definition) is 1. The van der Waals surface area contributed by atoms with Crippen LogP contribution in [0, 0.1) is 10.5 Å². The summed E-state index contributed by atoms with van der Waals surface area (Å²) in [4.78, 5) is 10.7. The van der Waals surface area contributed by atoms with E-state index in [0.717, 1.165) is 5.56 Å². The first kappa shape index (κ1) is 11.9. The Morgan fingerprint density at radius 2 is 2.18 bits per heavy atom. The van der Waals surface area contributed by atoms with Gasteiger partial charge in [-0.3, -0.25) is 4.98 Å². The fraction of sp³-hybridized carbons (Fsp3) is 0.250. The fourth-order valence-electron chi connectivity index (χ4n) is 1.75. The first-order valence-electron chi connectivity index (χ1n) is 5.28. The normalized spacial score (nSPS) is 10.8. The average molecular weight is 249 g/mol. The summed E-state index contributed by atoms with van der Waals surface area (Å²) in [5.41, 5.74) is 2.00. The second-order valence-corrected chi connectivity index (χ2v) is 4.39. The summed E-state index contributed by atoms with van der Waals surface area (Å²) in [6.45, 7) is 4.01. The smallest absolute Gasteiger partial charge is 0.150 e. The van der Waals surface area contributed by atoms with E-state index in [1.165, 1.54) is 12.5 Å². The van der Waals surface area contributed by atoms with Gasteiger partial charge in [-0.05, 0) is 12.0 Å². The summed E-state index contributed by atoms with van der Waals surface area (Å²) in [5.74, 6) is -0.193. The van der Waals surface area contributed by atoms with Gasteiger partial charge in [-0.1, -0.05) is 26.1 Å². The van der Waals surface area contributed by atoms with Gasteiger partial charge < -0.3 is 4.98 Å². The zero-order valence-electron chi connectivity index (χ0n) is 9.57. The van der Waals surface area contributed by atoms with Crippen molar-refractivity contribution >= 4 is 12.2 Å². The molecule has 0 spiro atoms. The zero-order chi connectivity index (χ0) is 12.4. The number of halogens is 1. The minimum atomic E-state index is -0.369. The summed E-state index contributed by atoms with van der Waals surface area (Å²) in [5, 5.41) is 0. The van der Waals surface area contributed by atoms with Crippen LogP contribution in [-0.2, 0) is 0 Å². The van der Waals surface area contributed by atoms with Crippen LogP contribution in [0.4, 0.5) is 4.39 Å². The highest BCUT2D eigenvalue weighted by Crippen LogP contribution is 2.28. The van der Waals surface area contributed by atoms with Gasteiger partial charge in [0.15, 0.2) is 5.82 Å². The molecule has 17 heavy (non-hydrogen) atoms. The van der Waals surface area contributed by atoms with Gasteiger partial charge in [0.25, 0.3) is 0 Å². The van der Waals surface area contributed by atoms with Crippen molar-refractivity contribution in [1.29, 1.82) is 0 Å². The summed E-state index contributed by atoms with van der Waals surface area (Å²) >= 11 is 5.19. The van der Waals surface area contributed by atoms with Crippen molar-refractivity contribution < 1.29 is 4.39 Å². The number of rotatable bonds is 2. The first-order chi connectivity index (χ1) is 8.11. The van der Waals surface area contributed by atoms with Crippen LogP contribution < -0.4 is 0 Å². The van der Waals surface area contributed by atoms with Gasteiger partial charge in [-0.15, -0.1) is 0 Å². The third-order valence-electron chi connectivity index (χ3n) is 2.51. The molecule has 0 radical (unpaired) electrons. The summed E-state index contributed by atoms with van der Waals surface area (Å²) in [6, 6.07) is 1.63. The van der Waals surface area contributed by atoms with Crippen LogP contribution in [0.3, 0.4) is 0 Å². The molecule has 3 nitrogen and oxygen atoms in total. The van der Waals surface area contributed by atoms with Crippen LogP contribution in [0.2, 0.25) is 0 Å². The minimum Gasteiger partial charge on any atom is -0.345 e. The average Bonchev–Trinajstić information content (AvgIpc) is 2.28. The maximum absolute atomic E-state index is 13.7. The Labute approximate surface area is 104 Å². The first-order valence-corrected chi connectivity index (χ1v) is 5.69. The molecule has 0 fully saturated rings. The van der Waals surface area contributed by atoms with Crippen molar-refractivity contribution in [2.24, 2.45) is 0 Å². The van der Waals surface area contributed by atoms with E-state index in [0.29, 0.717) is 15.9 Å². The lowest BCUT2D eigenvalue weighted by molar-refractivity contribution is 0.623. The van der Waals surface area contributed by atoms with Crippen molar-refractivity contribution in [2.75, 3.05) is 0 Å². The van der Waals surface area contributed by atoms with Gasteiger partial charge in [-0.2, -0.15) is 0 Å². The predicted octanol–water partition coefficient (Wildman–Crippen LogP) is 3.46. The second-order valence-electron chi connectivity index (χ2n) is 4.01. The summed E-state index contributed by atoms with van der Waals surface area (Å²) in [7, 11) is 0. The fourth-order valence-corrected chi connectivity index (χ4v) is 2.14. The van der Waals surface area contributed by atoms with Crippen LogP contribution in [0.1, 0.15) is 25.3 Å². The molecule has 0 saturated carbocycles.